The van der Waals surface area contributed by atoms with Crippen LogP contribution in [0.25, 0.3) is 11.0 Å². The first-order chi connectivity index (χ1) is 12.9. The topological polar surface area (TPSA) is 79.2 Å². The van der Waals surface area contributed by atoms with Crippen LogP contribution in [0.3, 0.4) is 0 Å². The average Bonchev–Trinajstić information content (AvgIpc) is 2.96. The van der Waals surface area contributed by atoms with Gasteiger partial charge in [-0.3, -0.25) is 9.59 Å². The molecule has 6 nitrogen and oxygen atoms in total. The Kier molecular flexibility index (Phi) is 4.34. The molecule has 6 heteroatoms. The van der Waals surface area contributed by atoms with Gasteiger partial charge >= 0.3 is 0 Å². The molecule has 0 bridgehead atoms. The van der Waals surface area contributed by atoms with Gasteiger partial charge in [0.25, 0.3) is 11.5 Å². The number of furan rings is 1. The lowest BCUT2D eigenvalue weighted by Crippen LogP contribution is -2.39. The first-order valence-electron chi connectivity index (χ1n) is 9.29. The number of amides is 1. The SMILES string of the molecule is Cc1ccc2c(C)c(C(=O)N3CCC[C@@H](c4cc(=O)[nH]c(C)n4)C3)oc2c1. The minimum atomic E-state index is -0.149. The number of aromatic nitrogens is 2. The summed E-state index contributed by atoms with van der Waals surface area (Å²) < 4.78 is 5.91. The number of aromatic amines is 1. The van der Waals surface area contributed by atoms with Gasteiger partial charge in [-0.05, 0) is 45.2 Å². The van der Waals surface area contributed by atoms with Gasteiger partial charge in [0.1, 0.15) is 11.4 Å². The number of benzene rings is 1. The number of aryl methyl sites for hydroxylation is 3. The zero-order chi connectivity index (χ0) is 19.1. The molecular formula is C21H23N3O3. The Hall–Kier alpha value is -2.89. The minimum Gasteiger partial charge on any atom is -0.451 e. The third-order valence-electron chi connectivity index (χ3n) is 5.29. The van der Waals surface area contributed by atoms with Crippen molar-refractivity contribution >= 4 is 16.9 Å². The Morgan fingerprint density at radius 1 is 1.26 bits per heavy atom. The predicted molar refractivity (Wildman–Crippen MR) is 103 cm³/mol. The van der Waals surface area contributed by atoms with Crippen LogP contribution in [0.15, 0.2) is 33.5 Å². The van der Waals surface area contributed by atoms with Gasteiger partial charge in [0.05, 0.1) is 5.69 Å². The summed E-state index contributed by atoms with van der Waals surface area (Å²) in [5.41, 5.74) is 3.33. The van der Waals surface area contributed by atoms with Crippen molar-refractivity contribution in [3.05, 3.63) is 63.0 Å². The molecule has 1 fully saturated rings. The Balaban J connectivity index is 1.62. The van der Waals surface area contributed by atoms with E-state index in [9.17, 15) is 9.59 Å². The second-order valence-corrected chi connectivity index (χ2v) is 7.40. The molecule has 4 rings (SSSR count). The van der Waals surface area contributed by atoms with E-state index in [2.05, 4.69) is 9.97 Å². The second kappa shape index (κ2) is 6.68. The standard InChI is InChI=1S/C21H23N3O3/c1-12-6-7-16-13(2)20(27-18(16)9-12)21(26)24-8-4-5-15(11-24)17-10-19(25)23-14(3)22-17/h6-7,9-10,15H,4-5,8,11H2,1-3H3,(H,22,23,25)/t15-/m1/s1. The minimum absolute atomic E-state index is 0.0654. The molecule has 1 aliphatic rings. The highest BCUT2D eigenvalue weighted by Gasteiger charge is 2.29. The summed E-state index contributed by atoms with van der Waals surface area (Å²) in [4.78, 5) is 33.9. The van der Waals surface area contributed by atoms with Crippen LogP contribution in [0, 0.1) is 20.8 Å². The maximum Gasteiger partial charge on any atom is 0.289 e. The number of likely N-dealkylation sites (tertiary alicyclic amines) is 1. The van der Waals surface area contributed by atoms with Gasteiger partial charge in [0, 0.05) is 36.0 Å². The van der Waals surface area contributed by atoms with Crippen molar-refractivity contribution in [3.63, 3.8) is 0 Å². The molecule has 27 heavy (non-hydrogen) atoms. The number of nitrogens with zero attached hydrogens (tertiary/aromatic N) is 2. The van der Waals surface area contributed by atoms with Crippen LogP contribution in [0.4, 0.5) is 0 Å². The van der Waals surface area contributed by atoms with Crippen LogP contribution in [-0.4, -0.2) is 33.9 Å². The van der Waals surface area contributed by atoms with Crippen LogP contribution in [0.1, 0.15) is 52.0 Å². The highest BCUT2D eigenvalue weighted by Crippen LogP contribution is 2.30. The third kappa shape index (κ3) is 3.27. The molecule has 0 saturated carbocycles. The fourth-order valence-electron chi connectivity index (χ4n) is 3.90. The average molecular weight is 365 g/mol. The Labute approximate surface area is 157 Å². The molecule has 1 atom stereocenters. The highest BCUT2D eigenvalue weighted by molar-refractivity contribution is 5.99. The molecule has 1 saturated heterocycles. The number of H-pyrrole nitrogens is 1. The zero-order valence-electron chi connectivity index (χ0n) is 15.8. The van der Waals surface area contributed by atoms with Crippen LogP contribution in [0.2, 0.25) is 0 Å². The molecule has 1 aromatic carbocycles. The van der Waals surface area contributed by atoms with Crippen LogP contribution < -0.4 is 5.56 Å². The molecular weight excluding hydrogens is 342 g/mol. The molecule has 3 aromatic rings. The van der Waals surface area contributed by atoms with Gasteiger partial charge in [0.15, 0.2) is 5.76 Å². The second-order valence-electron chi connectivity index (χ2n) is 7.40. The Morgan fingerprint density at radius 2 is 2.07 bits per heavy atom. The summed E-state index contributed by atoms with van der Waals surface area (Å²) in [6, 6.07) is 7.53. The lowest BCUT2D eigenvalue weighted by Gasteiger charge is -2.32. The molecule has 1 aliphatic heterocycles. The number of nitrogens with one attached hydrogen (secondary N) is 1. The van der Waals surface area contributed by atoms with E-state index < -0.39 is 0 Å². The first kappa shape index (κ1) is 17.5. The zero-order valence-corrected chi connectivity index (χ0v) is 15.8. The van der Waals surface area contributed by atoms with Gasteiger partial charge in [-0.1, -0.05) is 12.1 Å². The predicted octanol–water partition coefficient (Wildman–Crippen LogP) is 3.46. The molecule has 140 valence electrons. The maximum atomic E-state index is 13.1. The lowest BCUT2D eigenvalue weighted by atomic mass is 9.94. The van der Waals surface area contributed by atoms with Crippen LogP contribution in [-0.2, 0) is 0 Å². The Morgan fingerprint density at radius 3 is 2.85 bits per heavy atom. The molecule has 0 radical (unpaired) electrons. The molecule has 2 aromatic heterocycles. The summed E-state index contributed by atoms with van der Waals surface area (Å²) >= 11 is 0. The number of carbonyl (C=O) groups excluding carboxylic acids is 1. The van der Waals surface area contributed by atoms with Gasteiger partial charge < -0.3 is 14.3 Å². The van der Waals surface area contributed by atoms with Gasteiger partial charge in [-0.25, -0.2) is 4.98 Å². The molecule has 0 unspecified atom stereocenters. The smallest absolute Gasteiger partial charge is 0.289 e. The highest BCUT2D eigenvalue weighted by atomic mass is 16.3. The number of fused-ring (bicyclic) bond motifs is 1. The fourth-order valence-corrected chi connectivity index (χ4v) is 3.90. The van der Waals surface area contributed by atoms with Gasteiger partial charge in [0.2, 0.25) is 0 Å². The van der Waals surface area contributed by atoms with E-state index in [-0.39, 0.29) is 17.4 Å². The molecule has 1 N–H and O–H groups in total. The van der Waals surface area contributed by atoms with E-state index in [1.807, 2.05) is 36.9 Å². The monoisotopic (exact) mass is 365 g/mol. The van der Waals surface area contributed by atoms with E-state index >= 15 is 0 Å². The Bertz CT molecular complexity index is 1080. The normalized spacial score (nSPS) is 17.4. The molecule has 3 heterocycles. The fraction of sp³-hybridized carbons (Fsp3) is 0.381. The number of hydrogen-bond acceptors (Lipinski definition) is 4. The summed E-state index contributed by atoms with van der Waals surface area (Å²) in [6.07, 6.45) is 1.79. The van der Waals surface area contributed by atoms with Gasteiger partial charge in [-0.2, -0.15) is 0 Å². The molecule has 1 amide bonds. The number of carbonyl (C=O) groups is 1. The maximum absolute atomic E-state index is 13.1. The van der Waals surface area contributed by atoms with Gasteiger partial charge in [-0.15, -0.1) is 0 Å². The van der Waals surface area contributed by atoms with E-state index in [0.717, 1.165) is 40.6 Å². The van der Waals surface area contributed by atoms with Crippen molar-refractivity contribution < 1.29 is 9.21 Å². The first-order valence-corrected chi connectivity index (χ1v) is 9.29. The van der Waals surface area contributed by atoms with Crippen molar-refractivity contribution in [1.29, 1.82) is 0 Å². The third-order valence-corrected chi connectivity index (χ3v) is 5.29. The summed E-state index contributed by atoms with van der Waals surface area (Å²) in [5, 5.41) is 0.976. The largest absolute Gasteiger partial charge is 0.451 e. The lowest BCUT2D eigenvalue weighted by molar-refractivity contribution is 0.0675. The van der Waals surface area contributed by atoms with E-state index in [1.54, 1.807) is 13.0 Å². The quantitative estimate of drug-likeness (QED) is 0.754. The number of piperidine rings is 1. The van der Waals surface area contributed by atoms with E-state index in [0.29, 0.717) is 24.7 Å². The van der Waals surface area contributed by atoms with Crippen LogP contribution in [0.5, 0.6) is 0 Å². The number of rotatable bonds is 2. The summed E-state index contributed by atoms with van der Waals surface area (Å²) in [5.74, 6) is 0.985. The van der Waals surface area contributed by atoms with Crippen molar-refractivity contribution in [1.82, 2.24) is 14.9 Å². The molecule has 0 spiro atoms. The summed E-state index contributed by atoms with van der Waals surface area (Å²) in [7, 11) is 0. The van der Waals surface area contributed by atoms with E-state index in [1.165, 1.54) is 0 Å². The van der Waals surface area contributed by atoms with Crippen molar-refractivity contribution in [2.24, 2.45) is 0 Å². The van der Waals surface area contributed by atoms with Crippen molar-refractivity contribution in [3.8, 4) is 0 Å². The van der Waals surface area contributed by atoms with E-state index in [4.69, 9.17) is 4.42 Å². The summed E-state index contributed by atoms with van der Waals surface area (Å²) in [6.45, 7) is 6.94. The number of hydrogen-bond donors (Lipinski definition) is 1. The molecule has 0 aliphatic carbocycles. The van der Waals surface area contributed by atoms with Crippen molar-refractivity contribution in [2.75, 3.05) is 13.1 Å². The van der Waals surface area contributed by atoms with Crippen LogP contribution >= 0.6 is 0 Å². The van der Waals surface area contributed by atoms with Crippen molar-refractivity contribution in [2.45, 2.75) is 39.5 Å².